The molecule has 0 fully saturated rings. The van der Waals surface area contributed by atoms with Crippen LogP contribution in [-0.2, 0) is 0 Å². The molecule has 0 saturated heterocycles. The number of ether oxygens (including phenoxy) is 1. The minimum atomic E-state index is 0.191. The van der Waals surface area contributed by atoms with Crippen molar-refractivity contribution < 1.29 is 4.74 Å². The van der Waals surface area contributed by atoms with Gasteiger partial charge in [-0.25, -0.2) is 0 Å². The summed E-state index contributed by atoms with van der Waals surface area (Å²) in [6.07, 6.45) is 0. The molecule has 3 N–H and O–H groups in total. The van der Waals surface area contributed by atoms with Crippen molar-refractivity contribution in [2.75, 3.05) is 18.2 Å². The zero-order valence-electron chi connectivity index (χ0n) is 10.2. The maximum atomic E-state index is 5.93. The highest BCUT2D eigenvalue weighted by atomic mass is 35.5. The van der Waals surface area contributed by atoms with Crippen LogP contribution in [-0.4, -0.2) is 7.11 Å². The Bertz CT molecular complexity index is 542. The summed E-state index contributed by atoms with van der Waals surface area (Å²) in [6.45, 7) is 2.09. The van der Waals surface area contributed by atoms with E-state index in [1.807, 2.05) is 30.3 Å². The Kier molecular flexibility index (Phi) is 3.99. The number of anilines is 2. The van der Waals surface area contributed by atoms with E-state index in [9.17, 15) is 0 Å². The van der Waals surface area contributed by atoms with Gasteiger partial charge in [-0.3, -0.25) is 0 Å². The third-order valence-electron chi connectivity index (χ3n) is 2.64. The standard InChI is InChI=1S/C13H15ClN2OS/c1-8(12-5-6-13(14)18-12)16-9-3-4-10(15)11(7-9)17-2/h3-8,16H,15H2,1-2H3. The van der Waals surface area contributed by atoms with Crippen LogP contribution in [0.2, 0.25) is 4.34 Å². The van der Waals surface area contributed by atoms with Crippen LogP contribution in [0.25, 0.3) is 0 Å². The van der Waals surface area contributed by atoms with Crippen LogP contribution in [0.4, 0.5) is 11.4 Å². The van der Waals surface area contributed by atoms with Crippen LogP contribution in [0.1, 0.15) is 17.8 Å². The van der Waals surface area contributed by atoms with Crippen LogP contribution >= 0.6 is 22.9 Å². The van der Waals surface area contributed by atoms with Crippen molar-refractivity contribution in [3.8, 4) is 5.75 Å². The van der Waals surface area contributed by atoms with Crippen molar-refractivity contribution >= 4 is 34.3 Å². The monoisotopic (exact) mass is 282 g/mol. The number of thiophene rings is 1. The molecule has 1 aromatic carbocycles. The molecule has 3 nitrogen and oxygen atoms in total. The Morgan fingerprint density at radius 3 is 2.72 bits per heavy atom. The third-order valence-corrected chi connectivity index (χ3v) is 4.05. The van der Waals surface area contributed by atoms with Crippen molar-refractivity contribution in [1.82, 2.24) is 0 Å². The molecule has 96 valence electrons. The van der Waals surface area contributed by atoms with E-state index in [0.29, 0.717) is 11.4 Å². The number of halogens is 1. The van der Waals surface area contributed by atoms with Crippen molar-refractivity contribution in [3.05, 3.63) is 39.5 Å². The number of nitrogens with one attached hydrogen (secondary N) is 1. The van der Waals surface area contributed by atoms with Crippen molar-refractivity contribution in [3.63, 3.8) is 0 Å². The van der Waals surface area contributed by atoms with Crippen LogP contribution in [0, 0.1) is 0 Å². The maximum Gasteiger partial charge on any atom is 0.143 e. The number of nitrogens with two attached hydrogens (primary N) is 1. The molecule has 5 heteroatoms. The number of hydrogen-bond donors (Lipinski definition) is 2. The van der Waals surface area contributed by atoms with Crippen molar-refractivity contribution in [2.24, 2.45) is 0 Å². The minimum absolute atomic E-state index is 0.191. The molecule has 18 heavy (non-hydrogen) atoms. The summed E-state index contributed by atoms with van der Waals surface area (Å²) >= 11 is 7.51. The average Bonchev–Trinajstić information content (AvgIpc) is 2.78. The first-order valence-electron chi connectivity index (χ1n) is 5.55. The van der Waals surface area contributed by atoms with E-state index >= 15 is 0 Å². The Balaban J connectivity index is 2.14. The Labute approximate surface area is 116 Å². The number of benzene rings is 1. The smallest absolute Gasteiger partial charge is 0.143 e. The maximum absolute atomic E-state index is 5.93. The summed E-state index contributed by atoms with van der Waals surface area (Å²) in [7, 11) is 1.61. The second-order valence-corrected chi connectivity index (χ2v) is 5.71. The van der Waals surface area contributed by atoms with Gasteiger partial charge in [-0.15, -0.1) is 11.3 Å². The Morgan fingerprint density at radius 1 is 1.33 bits per heavy atom. The summed E-state index contributed by atoms with van der Waals surface area (Å²) in [4.78, 5) is 1.19. The lowest BCUT2D eigenvalue weighted by Gasteiger charge is -2.15. The van der Waals surface area contributed by atoms with E-state index in [1.165, 1.54) is 4.88 Å². The Morgan fingerprint density at radius 2 is 2.11 bits per heavy atom. The second-order valence-electron chi connectivity index (χ2n) is 3.96. The van der Waals surface area contributed by atoms with Gasteiger partial charge in [-0.2, -0.15) is 0 Å². The molecular weight excluding hydrogens is 268 g/mol. The zero-order valence-corrected chi connectivity index (χ0v) is 11.8. The van der Waals surface area contributed by atoms with Gasteiger partial charge in [0.05, 0.1) is 23.2 Å². The van der Waals surface area contributed by atoms with E-state index < -0.39 is 0 Å². The fraction of sp³-hybridized carbons (Fsp3) is 0.231. The number of hydrogen-bond acceptors (Lipinski definition) is 4. The topological polar surface area (TPSA) is 47.3 Å². The third kappa shape index (κ3) is 2.89. The lowest BCUT2D eigenvalue weighted by atomic mass is 10.2. The first-order valence-corrected chi connectivity index (χ1v) is 6.75. The molecular formula is C13H15ClN2OS. The fourth-order valence-corrected chi connectivity index (χ4v) is 2.75. The summed E-state index contributed by atoms with van der Waals surface area (Å²) in [5, 5.41) is 3.39. The van der Waals surface area contributed by atoms with E-state index in [2.05, 4.69) is 12.2 Å². The summed E-state index contributed by atoms with van der Waals surface area (Å²) in [5.74, 6) is 0.677. The second kappa shape index (κ2) is 5.50. The molecule has 0 radical (unpaired) electrons. The zero-order chi connectivity index (χ0) is 13.1. The van der Waals surface area contributed by atoms with Gasteiger partial charge in [0.25, 0.3) is 0 Å². The highest BCUT2D eigenvalue weighted by Crippen LogP contribution is 2.31. The molecule has 2 rings (SSSR count). The van der Waals surface area contributed by atoms with E-state index in [4.69, 9.17) is 22.1 Å². The molecule has 0 amide bonds. The van der Waals surface area contributed by atoms with E-state index in [-0.39, 0.29) is 6.04 Å². The lowest BCUT2D eigenvalue weighted by Crippen LogP contribution is -2.05. The van der Waals surface area contributed by atoms with Gasteiger partial charge in [-0.05, 0) is 31.2 Å². The molecule has 1 unspecified atom stereocenters. The fourth-order valence-electron chi connectivity index (χ4n) is 1.68. The van der Waals surface area contributed by atoms with Gasteiger partial charge in [0, 0.05) is 16.6 Å². The van der Waals surface area contributed by atoms with Crippen LogP contribution in [0.5, 0.6) is 5.75 Å². The van der Waals surface area contributed by atoms with Gasteiger partial charge < -0.3 is 15.8 Å². The molecule has 0 spiro atoms. The first-order chi connectivity index (χ1) is 8.60. The lowest BCUT2D eigenvalue weighted by molar-refractivity contribution is 0.417. The predicted octanol–water partition coefficient (Wildman–Crippen LogP) is 4.17. The molecule has 0 aliphatic rings. The molecule has 0 aliphatic carbocycles. The summed E-state index contributed by atoms with van der Waals surface area (Å²) < 4.78 is 5.99. The van der Waals surface area contributed by atoms with Crippen LogP contribution in [0.15, 0.2) is 30.3 Å². The van der Waals surface area contributed by atoms with Gasteiger partial charge in [0.2, 0.25) is 0 Å². The predicted molar refractivity (Wildman–Crippen MR) is 78.8 cm³/mol. The number of rotatable bonds is 4. The van der Waals surface area contributed by atoms with E-state index in [1.54, 1.807) is 18.4 Å². The number of methoxy groups -OCH3 is 1. The van der Waals surface area contributed by atoms with Gasteiger partial charge in [-0.1, -0.05) is 11.6 Å². The SMILES string of the molecule is COc1cc(NC(C)c2ccc(Cl)s2)ccc1N. The highest BCUT2D eigenvalue weighted by molar-refractivity contribution is 7.16. The van der Waals surface area contributed by atoms with Crippen molar-refractivity contribution in [1.29, 1.82) is 0 Å². The normalized spacial score (nSPS) is 12.2. The average molecular weight is 283 g/mol. The molecule has 0 aliphatic heterocycles. The molecule has 1 atom stereocenters. The molecule has 1 heterocycles. The van der Waals surface area contributed by atoms with Crippen LogP contribution in [0.3, 0.4) is 0 Å². The number of nitrogen functional groups attached to an aromatic ring is 1. The minimum Gasteiger partial charge on any atom is -0.495 e. The first kappa shape index (κ1) is 13.1. The highest BCUT2D eigenvalue weighted by Gasteiger charge is 2.09. The quantitative estimate of drug-likeness (QED) is 0.828. The van der Waals surface area contributed by atoms with Gasteiger partial charge in [0.15, 0.2) is 0 Å². The summed E-state index contributed by atoms with van der Waals surface area (Å²) in [5.41, 5.74) is 7.38. The molecule has 0 bridgehead atoms. The Hall–Kier alpha value is -1.39. The van der Waals surface area contributed by atoms with Gasteiger partial charge in [0.1, 0.15) is 5.75 Å². The summed E-state index contributed by atoms with van der Waals surface area (Å²) in [6, 6.07) is 9.78. The van der Waals surface area contributed by atoms with Gasteiger partial charge >= 0.3 is 0 Å². The van der Waals surface area contributed by atoms with Crippen LogP contribution < -0.4 is 15.8 Å². The van der Waals surface area contributed by atoms with E-state index in [0.717, 1.165) is 10.0 Å². The molecule has 1 aromatic heterocycles. The molecule has 0 saturated carbocycles. The van der Waals surface area contributed by atoms with Crippen molar-refractivity contribution in [2.45, 2.75) is 13.0 Å². The molecule has 2 aromatic rings. The largest absolute Gasteiger partial charge is 0.495 e.